The van der Waals surface area contributed by atoms with E-state index in [1.807, 2.05) is 18.2 Å². The average molecular weight is 591 g/mol. The molecule has 0 spiro atoms. The molecule has 0 saturated heterocycles. The second-order valence-corrected chi connectivity index (χ2v) is 11.7. The molecule has 10 rings (SSSR count). The van der Waals surface area contributed by atoms with Crippen LogP contribution in [0.2, 0.25) is 0 Å². The van der Waals surface area contributed by atoms with Crippen LogP contribution in [0.25, 0.3) is 0 Å². The second-order valence-electron chi connectivity index (χ2n) is 11.7. The molecule has 1 atom stereocenters. The first kappa shape index (κ1) is 26.9. The van der Waals surface area contributed by atoms with Crippen LogP contribution >= 0.6 is 0 Å². The number of nitrogens with zero attached hydrogens (tertiary/aromatic N) is 2. The quantitative estimate of drug-likeness (QED) is 0.223. The molecule has 4 aromatic rings. The minimum Gasteiger partial charge on any atom is -0.493 e. The largest absolute Gasteiger partial charge is 0.493 e. The van der Waals surface area contributed by atoms with E-state index in [1.54, 1.807) is 21.3 Å². The van der Waals surface area contributed by atoms with Crippen molar-refractivity contribution in [2.75, 3.05) is 41.5 Å². The Morgan fingerprint density at radius 3 is 2.20 bits per heavy atom. The van der Waals surface area contributed by atoms with Crippen LogP contribution in [-0.4, -0.2) is 52.1 Å². The predicted octanol–water partition coefficient (Wildman–Crippen LogP) is 7.08. The van der Waals surface area contributed by atoms with Gasteiger partial charge in [0.1, 0.15) is 5.75 Å². The summed E-state index contributed by atoms with van der Waals surface area (Å²) in [6, 6.07) is 18.6. The van der Waals surface area contributed by atoms with Gasteiger partial charge in [-0.05, 0) is 85.0 Å². The third kappa shape index (κ3) is 4.27. The minimum absolute atomic E-state index is 0.0173. The van der Waals surface area contributed by atoms with Gasteiger partial charge in [-0.15, -0.1) is 0 Å². The van der Waals surface area contributed by atoms with E-state index in [0.717, 1.165) is 65.1 Å². The molecule has 6 heterocycles. The highest BCUT2D eigenvalue weighted by Gasteiger charge is 2.39. The Morgan fingerprint density at radius 2 is 1.43 bits per heavy atom. The van der Waals surface area contributed by atoms with Crippen LogP contribution in [0.4, 0.5) is 0 Å². The number of ether oxygens (including phenoxy) is 6. The van der Waals surface area contributed by atoms with Crippen molar-refractivity contribution in [1.29, 1.82) is 0 Å². The molecule has 0 N–H and O–H groups in total. The molecule has 8 nitrogen and oxygen atoms in total. The van der Waals surface area contributed by atoms with E-state index in [1.165, 1.54) is 5.56 Å². The third-order valence-corrected chi connectivity index (χ3v) is 9.21. The molecule has 0 fully saturated rings. The van der Waals surface area contributed by atoms with Crippen molar-refractivity contribution in [3.8, 4) is 51.7 Å². The summed E-state index contributed by atoms with van der Waals surface area (Å²) in [7, 11) is 7.19. The molecule has 10 bridgehead atoms. The maximum Gasteiger partial charge on any atom is 0.212 e. The summed E-state index contributed by atoms with van der Waals surface area (Å²) < 4.78 is 37.8. The summed E-state index contributed by atoms with van der Waals surface area (Å²) in [4.78, 5) is 7.38. The number of aliphatic imine (C=N–C) groups is 1. The first-order valence-electron chi connectivity index (χ1n) is 15.1. The van der Waals surface area contributed by atoms with Gasteiger partial charge in [-0.2, -0.15) is 0 Å². The van der Waals surface area contributed by atoms with E-state index in [0.29, 0.717) is 59.0 Å². The Hall–Kier alpha value is -4.69. The molecule has 0 saturated carbocycles. The lowest BCUT2D eigenvalue weighted by molar-refractivity contribution is 0.218. The number of rotatable bonds is 3. The highest BCUT2D eigenvalue weighted by atomic mass is 16.6. The molecule has 6 aliphatic heterocycles. The number of hydrogen-bond donors (Lipinski definition) is 0. The lowest BCUT2D eigenvalue weighted by Crippen LogP contribution is -2.34. The van der Waals surface area contributed by atoms with E-state index in [4.69, 9.17) is 33.4 Å². The highest BCUT2D eigenvalue weighted by Crippen LogP contribution is 2.59. The standard InChI is InChI=1S/C36H34N2O6/c1-38-14-12-23-19-30(41-4)34-36-32(23)26(38)16-21-7-10-27(39-2)28(17-21)42-24-8-5-20(6-9-24)15-25-31-22(11-13-37-25)18-29(40-3)33(44-36)35(31)43-34/h5-10,17-19,26H,11-16H2,1-4H3. The van der Waals surface area contributed by atoms with Crippen LogP contribution in [0.5, 0.6) is 51.7 Å². The fraction of sp³-hybridized carbons (Fsp3) is 0.306. The van der Waals surface area contributed by atoms with Gasteiger partial charge in [0.25, 0.3) is 0 Å². The number of benzene rings is 4. The Morgan fingerprint density at radius 1 is 0.727 bits per heavy atom. The molecule has 0 amide bonds. The van der Waals surface area contributed by atoms with Gasteiger partial charge >= 0.3 is 0 Å². The Labute approximate surface area is 256 Å². The van der Waals surface area contributed by atoms with Gasteiger partial charge in [-0.3, -0.25) is 9.89 Å². The summed E-state index contributed by atoms with van der Waals surface area (Å²) in [6.07, 6.45) is 3.03. The van der Waals surface area contributed by atoms with Gasteiger partial charge in [-0.25, -0.2) is 0 Å². The topological polar surface area (TPSA) is 71.0 Å². The molecule has 44 heavy (non-hydrogen) atoms. The van der Waals surface area contributed by atoms with Gasteiger partial charge in [0, 0.05) is 36.7 Å². The van der Waals surface area contributed by atoms with Crippen molar-refractivity contribution in [3.63, 3.8) is 0 Å². The van der Waals surface area contributed by atoms with Crippen LogP contribution in [0.3, 0.4) is 0 Å². The lowest BCUT2D eigenvalue weighted by Gasteiger charge is -2.38. The zero-order valence-corrected chi connectivity index (χ0v) is 25.4. The molecule has 0 aromatic heterocycles. The Kier molecular flexibility index (Phi) is 6.41. The molecule has 224 valence electrons. The average Bonchev–Trinajstić information content (AvgIpc) is 3.05. The molecule has 8 heteroatoms. The Balaban J connectivity index is 1.38. The van der Waals surface area contributed by atoms with Gasteiger partial charge in [0.05, 0.1) is 27.0 Å². The van der Waals surface area contributed by atoms with Crippen molar-refractivity contribution < 1.29 is 28.4 Å². The minimum atomic E-state index is 0.0173. The monoisotopic (exact) mass is 590 g/mol. The number of methoxy groups -OCH3 is 3. The highest BCUT2D eigenvalue weighted by molar-refractivity contribution is 6.07. The normalized spacial score (nSPS) is 17.8. The maximum atomic E-state index is 6.93. The van der Waals surface area contributed by atoms with Crippen molar-refractivity contribution in [2.24, 2.45) is 4.99 Å². The Bertz CT molecular complexity index is 1830. The first-order chi connectivity index (χ1) is 21.5. The summed E-state index contributed by atoms with van der Waals surface area (Å²) >= 11 is 0. The van der Waals surface area contributed by atoms with E-state index in [2.05, 4.69) is 48.3 Å². The molecule has 6 aliphatic rings. The van der Waals surface area contributed by atoms with E-state index < -0.39 is 0 Å². The van der Waals surface area contributed by atoms with Gasteiger partial charge < -0.3 is 28.4 Å². The fourth-order valence-corrected chi connectivity index (χ4v) is 6.95. The zero-order chi connectivity index (χ0) is 29.9. The van der Waals surface area contributed by atoms with Crippen molar-refractivity contribution >= 4 is 5.71 Å². The van der Waals surface area contributed by atoms with Gasteiger partial charge in [0.2, 0.25) is 11.5 Å². The number of likely N-dealkylation sites (N-methyl/N-ethyl adjacent to an activating group) is 1. The van der Waals surface area contributed by atoms with Crippen LogP contribution in [0.1, 0.15) is 39.4 Å². The van der Waals surface area contributed by atoms with E-state index >= 15 is 0 Å². The smallest absolute Gasteiger partial charge is 0.212 e. The molecule has 4 aromatic carbocycles. The summed E-state index contributed by atoms with van der Waals surface area (Å²) in [6.45, 7) is 1.60. The van der Waals surface area contributed by atoms with Gasteiger partial charge in [0.15, 0.2) is 34.5 Å². The predicted molar refractivity (Wildman–Crippen MR) is 167 cm³/mol. The van der Waals surface area contributed by atoms with Crippen molar-refractivity contribution in [3.05, 3.63) is 88.0 Å². The number of hydrogen-bond acceptors (Lipinski definition) is 8. The molecular weight excluding hydrogens is 556 g/mol. The lowest BCUT2D eigenvalue weighted by atomic mass is 9.87. The molecule has 1 unspecified atom stereocenters. The summed E-state index contributed by atoms with van der Waals surface area (Å²) in [5, 5.41) is 0. The van der Waals surface area contributed by atoms with Crippen LogP contribution < -0.4 is 28.4 Å². The maximum absolute atomic E-state index is 6.93. The summed E-state index contributed by atoms with van der Waals surface area (Å²) in [5.41, 5.74) is 7.58. The molecular formula is C36H34N2O6. The molecule has 0 aliphatic carbocycles. The van der Waals surface area contributed by atoms with Gasteiger partial charge in [-0.1, -0.05) is 18.2 Å². The van der Waals surface area contributed by atoms with Crippen LogP contribution in [-0.2, 0) is 25.7 Å². The van der Waals surface area contributed by atoms with E-state index in [-0.39, 0.29) is 6.04 Å². The SMILES string of the molecule is COc1ccc2cc1Oc1ccc(cc1)CC1=NCCc3cc(OC)c4c(c31)Oc1c(OC)cc3c(c1O4)C(C2)N(C)CC3. The van der Waals surface area contributed by atoms with Crippen molar-refractivity contribution in [2.45, 2.75) is 31.7 Å². The first-order valence-corrected chi connectivity index (χ1v) is 15.1. The molecule has 0 radical (unpaired) electrons. The van der Waals surface area contributed by atoms with Crippen LogP contribution in [0.15, 0.2) is 59.6 Å². The second kappa shape index (κ2) is 10.5. The summed E-state index contributed by atoms with van der Waals surface area (Å²) in [5.74, 6) is 5.90. The van der Waals surface area contributed by atoms with E-state index in [9.17, 15) is 0 Å². The number of fused-ring (bicyclic) bond motifs is 1. The van der Waals surface area contributed by atoms with Crippen molar-refractivity contribution in [1.82, 2.24) is 4.90 Å². The fourth-order valence-electron chi connectivity index (χ4n) is 6.95. The third-order valence-electron chi connectivity index (χ3n) is 9.21. The van der Waals surface area contributed by atoms with Crippen LogP contribution in [0, 0.1) is 0 Å². The zero-order valence-electron chi connectivity index (χ0n) is 25.4.